The molecule has 0 aliphatic rings. The number of sulfone groups is 1. The standard InChI is InChI=1S/C12H13N3O3S/c1-18-8-9-3-5-10(6-4-9)11-7-13-15-12(14-11)19(2,16)17/h3-7H,8H2,1-2H3. The fourth-order valence-electron chi connectivity index (χ4n) is 1.52. The number of hydrogen-bond donors (Lipinski definition) is 0. The van der Waals surface area contributed by atoms with E-state index in [-0.39, 0.29) is 5.16 Å². The van der Waals surface area contributed by atoms with Gasteiger partial charge in [0.05, 0.1) is 18.5 Å². The van der Waals surface area contributed by atoms with Gasteiger partial charge in [-0.25, -0.2) is 13.4 Å². The first-order chi connectivity index (χ1) is 9.00. The van der Waals surface area contributed by atoms with Gasteiger partial charge in [0, 0.05) is 18.9 Å². The summed E-state index contributed by atoms with van der Waals surface area (Å²) in [4.78, 5) is 4.00. The zero-order valence-corrected chi connectivity index (χ0v) is 11.4. The van der Waals surface area contributed by atoms with E-state index in [1.807, 2.05) is 24.3 Å². The summed E-state index contributed by atoms with van der Waals surface area (Å²) in [5.41, 5.74) is 2.27. The van der Waals surface area contributed by atoms with Crippen LogP contribution in [0.1, 0.15) is 5.56 Å². The molecule has 0 aliphatic carbocycles. The van der Waals surface area contributed by atoms with Gasteiger partial charge in [0.1, 0.15) is 0 Å². The Bertz CT molecular complexity index is 669. The predicted octanol–water partition coefficient (Wildman–Crippen LogP) is 1.09. The van der Waals surface area contributed by atoms with Gasteiger partial charge in [0.2, 0.25) is 9.84 Å². The smallest absolute Gasteiger partial charge is 0.267 e. The van der Waals surface area contributed by atoms with Crippen LogP contribution in [0.3, 0.4) is 0 Å². The summed E-state index contributed by atoms with van der Waals surface area (Å²) in [5.74, 6) is 0. The van der Waals surface area contributed by atoms with Crippen molar-refractivity contribution in [1.29, 1.82) is 0 Å². The van der Waals surface area contributed by atoms with Gasteiger partial charge in [-0.1, -0.05) is 24.3 Å². The van der Waals surface area contributed by atoms with E-state index in [9.17, 15) is 8.42 Å². The summed E-state index contributed by atoms with van der Waals surface area (Å²) in [6.07, 6.45) is 2.48. The second kappa shape index (κ2) is 5.41. The summed E-state index contributed by atoms with van der Waals surface area (Å²) >= 11 is 0. The van der Waals surface area contributed by atoms with Gasteiger partial charge in [0.25, 0.3) is 5.16 Å². The molecule has 0 saturated heterocycles. The van der Waals surface area contributed by atoms with E-state index in [1.54, 1.807) is 7.11 Å². The van der Waals surface area contributed by atoms with Crippen LogP contribution in [0, 0.1) is 0 Å². The fourth-order valence-corrected chi connectivity index (χ4v) is 1.98. The largest absolute Gasteiger partial charge is 0.380 e. The molecule has 1 aromatic heterocycles. The summed E-state index contributed by atoms with van der Waals surface area (Å²) in [6, 6.07) is 7.46. The predicted molar refractivity (Wildman–Crippen MR) is 69.1 cm³/mol. The van der Waals surface area contributed by atoms with Gasteiger partial charge in [-0.15, -0.1) is 5.10 Å². The number of nitrogens with zero attached hydrogens (tertiary/aromatic N) is 3. The van der Waals surface area contributed by atoms with Crippen molar-refractivity contribution in [3.8, 4) is 11.3 Å². The van der Waals surface area contributed by atoms with Crippen molar-refractivity contribution in [2.24, 2.45) is 0 Å². The van der Waals surface area contributed by atoms with Gasteiger partial charge < -0.3 is 4.74 Å². The van der Waals surface area contributed by atoms with Crippen LogP contribution < -0.4 is 0 Å². The highest BCUT2D eigenvalue weighted by Gasteiger charge is 2.13. The monoisotopic (exact) mass is 279 g/mol. The first kappa shape index (κ1) is 13.6. The van der Waals surface area contributed by atoms with Crippen LogP contribution >= 0.6 is 0 Å². The molecule has 2 aromatic rings. The maximum Gasteiger partial charge on any atom is 0.267 e. The van der Waals surface area contributed by atoms with Crippen molar-refractivity contribution >= 4 is 9.84 Å². The second-order valence-electron chi connectivity index (χ2n) is 4.03. The quantitative estimate of drug-likeness (QED) is 0.833. The molecule has 0 N–H and O–H groups in total. The van der Waals surface area contributed by atoms with Crippen LogP contribution in [0.2, 0.25) is 0 Å². The fraction of sp³-hybridized carbons (Fsp3) is 0.250. The number of methoxy groups -OCH3 is 1. The first-order valence-electron chi connectivity index (χ1n) is 5.49. The lowest BCUT2D eigenvalue weighted by Crippen LogP contribution is -2.06. The molecule has 0 spiro atoms. The van der Waals surface area contributed by atoms with E-state index in [0.29, 0.717) is 12.3 Å². The molecular weight excluding hydrogens is 266 g/mol. The molecule has 0 unspecified atom stereocenters. The molecule has 0 radical (unpaired) electrons. The van der Waals surface area contributed by atoms with Crippen LogP contribution in [-0.2, 0) is 21.2 Å². The Morgan fingerprint density at radius 3 is 2.47 bits per heavy atom. The molecule has 0 bridgehead atoms. The zero-order valence-electron chi connectivity index (χ0n) is 10.6. The third-order valence-corrected chi connectivity index (χ3v) is 3.27. The van der Waals surface area contributed by atoms with E-state index in [2.05, 4.69) is 15.2 Å². The van der Waals surface area contributed by atoms with Crippen LogP contribution in [0.15, 0.2) is 35.6 Å². The number of ether oxygens (including phenoxy) is 1. The summed E-state index contributed by atoms with van der Waals surface area (Å²) < 4.78 is 27.8. The molecule has 0 atom stereocenters. The normalized spacial score (nSPS) is 11.5. The van der Waals surface area contributed by atoms with Gasteiger partial charge in [-0.3, -0.25) is 0 Å². The molecule has 1 aromatic carbocycles. The Balaban J connectivity index is 2.36. The van der Waals surface area contributed by atoms with Crippen molar-refractivity contribution in [3.63, 3.8) is 0 Å². The van der Waals surface area contributed by atoms with Gasteiger partial charge in [-0.05, 0) is 5.56 Å². The van der Waals surface area contributed by atoms with Crippen molar-refractivity contribution < 1.29 is 13.2 Å². The molecule has 7 heteroatoms. The van der Waals surface area contributed by atoms with Crippen molar-refractivity contribution in [3.05, 3.63) is 36.0 Å². The number of benzene rings is 1. The lowest BCUT2D eigenvalue weighted by molar-refractivity contribution is 0.185. The van der Waals surface area contributed by atoms with E-state index in [1.165, 1.54) is 6.20 Å². The highest BCUT2D eigenvalue weighted by atomic mass is 32.2. The van der Waals surface area contributed by atoms with Crippen LogP contribution in [-0.4, -0.2) is 37.0 Å². The third-order valence-electron chi connectivity index (χ3n) is 2.43. The Hall–Kier alpha value is -1.86. The average molecular weight is 279 g/mol. The number of rotatable bonds is 4. The molecule has 0 amide bonds. The molecule has 0 aliphatic heterocycles. The Morgan fingerprint density at radius 2 is 1.89 bits per heavy atom. The zero-order chi connectivity index (χ0) is 13.9. The number of hydrogen-bond acceptors (Lipinski definition) is 6. The summed E-state index contributed by atoms with van der Waals surface area (Å²) in [6.45, 7) is 0.525. The molecular formula is C12H13N3O3S. The SMILES string of the molecule is COCc1ccc(-c2cnnc(S(C)(=O)=O)n2)cc1. The van der Waals surface area contributed by atoms with Gasteiger partial charge >= 0.3 is 0 Å². The van der Waals surface area contributed by atoms with Gasteiger partial charge in [-0.2, -0.15) is 5.10 Å². The Labute approximate surface area is 111 Å². The molecule has 0 saturated carbocycles. The van der Waals surface area contributed by atoms with Gasteiger partial charge in [0.15, 0.2) is 0 Å². The molecule has 19 heavy (non-hydrogen) atoms. The minimum absolute atomic E-state index is 0.272. The minimum Gasteiger partial charge on any atom is -0.380 e. The van der Waals surface area contributed by atoms with Crippen molar-refractivity contribution in [2.75, 3.05) is 13.4 Å². The van der Waals surface area contributed by atoms with Crippen LogP contribution in [0.5, 0.6) is 0 Å². The summed E-state index contributed by atoms with van der Waals surface area (Å²) in [7, 11) is -1.83. The van der Waals surface area contributed by atoms with E-state index >= 15 is 0 Å². The third kappa shape index (κ3) is 3.33. The van der Waals surface area contributed by atoms with E-state index in [4.69, 9.17) is 4.74 Å². The van der Waals surface area contributed by atoms with E-state index < -0.39 is 9.84 Å². The maximum atomic E-state index is 11.4. The van der Waals surface area contributed by atoms with Crippen LogP contribution in [0.25, 0.3) is 11.3 Å². The number of aromatic nitrogens is 3. The molecule has 100 valence electrons. The highest BCUT2D eigenvalue weighted by molar-refractivity contribution is 7.90. The summed E-state index contributed by atoms with van der Waals surface area (Å²) in [5, 5.41) is 6.91. The lowest BCUT2D eigenvalue weighted by atomic mass is 10.1. The van der Waals surface area contributed by atoms with E-state index in [0.717, 1.165) is 17.4 Å². The van der Waals surface area contributed by atoms with Crippen molar-refractivity contribution in [1.82, 2.24) is 15.2 Å². The maximum absolute atomic E-state index is 11.4. The topological polar surface area (TPSA) is 82.0 Å². The van der Waals surface area contributed by atoms with Crippen LogP contribution in [0.4, 0.5) is 0 Å². The Kier molecular flexibility index (Phi) is 3.87. The second-order valence-corrected chi connectivity index (χ2v) is 5.94. The molecule has 0 fully saturated rings. The first-order valence-corrected chi connectivity index (χ1v) is 7.38. The lowest BCUT2D eigenvalue weighted by Gasteiger charge is -2.03. The molecule has 6 nitrogen and oxygen atoms in total. The minimum atomic E-state index is -3.45. The highest BCUT2D eigenvalue weighted by Crippen LogP contribution is 2.17. The molecule has 1 heterocycles. The van der Waals surface area contributed by atoms with Crippen molar-refractivity contribution in [2.45, 2.75) is 11.8 Å². The molecule has 2 rings (SSSR count). The Morgan fingerprint density at radius 1 is 1.21 bits per heavy atom. The average Bonchev–Trinajstić information content (AvgIpc) is 2.39.